The Labute approximate surface area is 184 Å². The third-order valence-electron chi connectivity index (χ3n) is 4.01. The van der Waals surface area contributed by atoms with Crippen molar-refractivity contribution in [3.63, 3.8) is 0 Å². The summed E-state index contributed by atoms with van der Waals surface area (Å²) in [5.74, 6) is 0.102. The van der Waals surface area contributed by atoms with Crippen LogP contribution in [0.5, 0.6) is 17.4 Å². The van der Waals surface area contributed by atoms with Crippen LogP contribution >= 0.6 is 22.6 Å². The van der Waals surface area contributed by atoms with Gasteiger partial charge in [-0.3, -0.25) is 14.9 Å². The molecule has 3 aromatic rings. The third kappa shape index (κ3) is 5.14. The summed E-state index contributed by atoms with van der Waals surface area (Å²) in [6.07, 6.45) is 3.01. The predicted octanol–water partition coefficient (Wildman–Crippen LogP) is 3.75. The van der Waals surface area contributed by atoms with Crippen molar-refractivity contribution in [1.82, 2.24) is 9.97 Å². The lowest BCUT2D eigenvalue weighted by Gasteiger charge is -2.11. The van der Waals surface area contributed by atoms with Crippen molar-refractivity contribution < 1.29 is 19.5 Å². The van der Waals surface area contributed by atoms with Crippen molar-refractivity contribution in [1.29, 1.82) is 0 Å². The maximum Gasteiger partial charge on any atom is 0.395 e. The summed E-state index contributed by atoms with van der Waals surface area (Å²) < 4.78 is 12.3. The lowest BCUT2D eigenvalue weighted by Crippen LogP contribution is -2.14. The first-order chi connectivity index (χ1) is 14.4. The molecule has 0 unspecified atom stereocenters. The van der Waals surface area contributed by atoms with Gasteiger partial charge in [0.2, 0.25) is 0 Å². The first kappa shape index (κ1) is 21.3. The molecule has 0 bridgehead atoms. The van der Waals surface area contributed by atoms with E-state index in [1.54, 1.807) is 24.3 Å². The number of halogens is 1. The Balaban J connectivity index is 1.76. The largest absolute Gasteiger partial charge is 0.493 e. The highest BCUT2D eigenvalue weighted by atomic mass is 127. The van der Waals surface area contributed by atoms with E-state index in [1.807, 2.05) is 24.3 Å². The normalized spacial score (nSPS) is 10.9. The fourth-order valence-electron chi connectivity index (χ4n) is 2.54. The fraction of sp³-hybridized carbons (Fsp3) is 0.100. The van der Waals surface area contributed by atoms with Gasteiger partial charge in [0, 0.05) is 3.57 Å². The van der Waals surface area contributed by atoms with Gasteiger partial charge in [-0.2, -0.15) is 4.98 Å². The highest BCUT2D eigenvalue weighted by Crippen LogP contribution is 2.29. The third-order valence-corrected chi connectivity index (χ3v) is 4.73. The molecule has 1 heterocycles. The molecule has 0 spiro atoms. The fourth-order valence-corrected chi connectivity index (χ4v) is 2.90. The highest BCUT2D eigenvalue weighted by molar-refractivity contribution is 14.1. The number of nitro groups is 1. The van der Waals surface area contributed by atoms with Gasteiger partial charge in [-0.1, -0.05) is 24.3 Å². The summed E-state index contributed by atoms with van der Waals surface area (Å²) in [5.41, 5.74) is -0.309. The minimum absolute atomic E-state index is 0.0268. The molecule has 154 valence electrons. The molecule has 2 aromatic carbocycles. The molecule has 10 heteroatoms. The molecule has 0 aliphatic heterocycles. The Morgan fingerprint density at radius 1 is 1.20 bits per heavy atom. The van der Waals surface area contributed by atoms with Gasteiger partial charge in [-0.25, -0.2) is 0 Å². The Hall–Kier alpha value is -3.41. The molecular weight excluding hydrogens is 505 g/mol. The zero-order chi connectivity index (χ0) is 21.7. The standard InChI is InChI=1S/C20H16IN3O6/c1-29-16-10-12(4-8-15(16)30-11-13-2-6-14(21)7-3-13)5-9-17-22-19(25)18(24(27)28)20(26)23-17/h2-10H,11H2,1H3,(H2,22,23,25,26)/b9-5+. The van der Waals surface area contributed by atoms with Gasteiger partial charge >= 0.3 is 11.2 Å². The maximum atomic E-state index is 11.7. The lowest BCUT2D eigenvalue weighted by molar-refractivity contribution is -0.387. The topological polar surface area (TPSA) is 128 Å². The van der Waals surface area contributed by atoms with Gasteiger partial charge in [0.05, 0.1) is 12.0 Å². The lowest BCUT2D eigenvalue weighted by atomic mass is 10.2. The smallest absolute Gasteiger partial charge is 0.395 e. The zero-order valence-electron chi connectivity index (χ0n) is 15.7. The number of aromatic nitrogens is 2. The molecule has 0 saturated heterocycles. The van der Waals surface area contributed by atoms with Crippen molar-refractivity contribution in [3.05, 3.63) is 83.5 Å². The van der Waals surface area contributed by atoms with Gasteiger partial charge in [-0.05, 0) is 64.1 Å². The summed E-state index contributed by atoms with van der Waals surface area (Å²) in [6, 6.07) is 13.2. The number of hydrogen-bond acceptors (Lipinski definition) is 7. The molecule has 2 N–H and O–H groups in total. The Kier molecular flexibility index (Phi) is 6.67. The SMILES string of the molecule is COc1cc(/C=C/c2nc(O)c([N+](=O)[O-])c(=O)[nH]2)ccc1OCc1ccc(I)cc1. The van der Waals surface area contributed by atoms with Gasteiger partial charge in [0.15, 0.2) is 11.5 Å². The number of hydrogen-bond donors (Lipinski definition) is 2. The Morgan fingerprint density at radius 2 is 1.93 bits per heavy atom. The second-order valence-corrected chi connectivity index (χ2v) is 7.28. The van der Waals surface area contributed by atoms with E-state index in [1.165, 1.54) is 13.2 Å². The van der Waals surface area contributed by atoms with E-state index in [4.69, 9.17) is 9.47 Å². The number of H-pyrrole nitrogens is 1. The Morgan fingerprint density at radius 3 is 2.57 bits per heavy atom. The van der Waals surface area contributed by atoms with Crippen LogP contribution in [0.2, 0.25) is 0 Å². The van der Waals surface area contributed by atoms with Crippen LogP contribution in [0.3, 0.4) is 0 Å². The van der Waals surface area contributed by atoms with Crippen molar-refractivity contribution in [3.8, 4) is 17.4 Å². The minimum atomic E-state index is -1.04. The number of aromatic hydroxyl groups is 1. The molecule has 0 aliphatic rings. The molecule has 0 aliphatic carbocycles. The average Bonchev–Trinajstić information content (AvgIpc) is 2.71. The molecule has 3 rings (SSSR count). The van der Waals surface area contributed by atoms with Crippen LogP contribution in [-0.4, -0.2) is 27.1 Å². The molecule has 30 heavy (non-hydrogen) atoms. The zero-order valence-corrected chi connectivity index (χ0v) is 17.8. The van der Waals surface area contributed by atoms with E-state index in [0.717, 1.165) is 9.13 Å². The van der Waals surface area contributed by atoms with E-state index in [2.05, 4.69) is 32.6 Å². The monoisotopic (exact) mass is 521 g/mol. The number of rotatable bonds is 7. The number of nitrogens with one attached hydrogen (secondary N) is 1. The second-order valence-electron chi connectivity index (χ2n) is 6.04. The molecule has 0 amide bonds. The molecule has 0 radical (unpaired) electrons. The first-order valence-electron chi connectivity index (χ1n) is 8.58. The van der Waals surface area contributed by atoms with E-state index >= 15 is 0 Å². The quantitative estimate of drug-likeness (QED) is 0.276. The molecule has 0 atom stereocenters. The number of nitrogens with zero attached hydrogens (tertiary/aromatic N) is 2. The Bertz CT molecular complexity index is 1160. The number of ether oxygens (including phenoxy) is 2. The van der Waals surface area contributed by atoms with Crippen LogP contribution in [0.1, 0.15) is 17.0 Å². The van der Waals surface area contributed by atoms with Gasteiger partial charge in [-0.15, -0.1) is 0 Å². The van der Waals surface area contributed by atoms with Crippen LogP contribution in [-0.2, 0) is 6.61 Å². The summed E-state index contributed by atoms with van der Waals surface area (Å²) >= 11 is 2.24. The number of methoxy groups -OCH3 is 1. The summed E-state index contributed by atoms with van der Waals surface area (Å²) in [5, 5.41) is 20.3. The number of benzene rings is 2. The minimum Gasteiger partial charge on any atom is -0.493 e. The van der Waals surface area contributed by atoms with Gasteiger partial charge < -0.3 is 19.6 Å². The van der Waals surface area contributed by atoms with E-state index in [9.17, 15) is 20.0 Å². The number of aromatic amines is 1. The van der Waals surface area contributed by atoms with Crippen molar-refractivity contribution in [2.45, 2.75) is 6.61 Å². The summed E-state index contributed by atoms with van der Waals surface area (Å²) in [7, 11) is 1.52. The van der Waals surface area contributed by atoms with E-state index < -0.39 is 22.0 Å². The van der Waals surface area contributed by atoms with Crippen molar-refractivity contribution >= 4 is 40.4 Å². The molecular formula is C20H16IN3O6. The van der Waals surface area contributed by atoms with Crippen molar-refractivity contribution in [2.75, 3.05) is 7.11 Å². The van der Waals surface area contributed by atoms with Crippen molar-refractivity contribution in [2.24, 2.45) is 0 Å². The van der Waals surface area contributed by atoms with Gasteiger partial charge in [0.1, 0.15) is 12.4 Å². The second kappa shape index (κ2) is 9.39. The van der Waals surface area contributed by atoms with E-state index in [0.29, 0.717) is 23.7 Å². The summed E-state index contributed by atoms with van der Waals surface area (Å²) in [6.45, 7) is 0.385. The van der Waals surface area contributed by atoms with Crippen LogP contribution in [0, 0.1) is 13.7 Å². The maximum absolute atomic E-state index is 11.7. The first-order valence-corrected chi connectivity index (χ1v) is 9.66. The molecule has 1 aromatic heterocycles. The average molecular weight is 521 g/mol. The van der Waals surface area contributed by atoms with Crippen LogP contribution < -0.4 is 15.0 Å². The van der Waals surface area contributed by atoms with Crippen LogP contribution in [0.15, 0.2) is 47.3 Å². The highest BCUT2D eigenvalue weighted by Gasteiger charge is 2.21. The van der Waals surface area contributed by atoms with Crippen LogP contribution in [0.25, 0.3) is 12.2 Å². The van der Waals surface area contributed by atoms with Crippen LogP contribution in [0.4, 0.5) is 5.69 Å². The molecule has 9 nitrogen and oxygen atoms in total. The molecule has 0 saturated carbocycles. The van der Waals surface area contributed by atoms with Gasteiger partial charge in [0.25, 0.3) is 5.88 Å². The van der Waals surface area contributed by atoms with E-state index in [-0.39, 0.29) is 5.82 Å². The summed E-state index contributed by atoms with van der Waals surface area (Å²) in [4.78, 5) is 27.3. The predicted molar refractivity (Wildman–Crippen MR) is 119 cm³/mol. The molecule has 0 fully saturated rings.